The molecule has 0 saturated carbocycles. The van der Waals surface area contributed by atoms with E-state index in [1.165, 1.54) is 9.79 Å². The first-order chi connectivity index (χ1) is 24.1. The van der Waals surface area contributed by atoms with Gasteiger partial charge in [0, 0.05) is 24.8 Å². The maximum absolute atomic E-state index is 7.72. The zero-order valence-corrected chi connectivity index (χ0v) is 34.1. The minimum atomic E-state index is -2.05. The van der Waals surface area contributed by atoms with Gasteiger partial charge < -0.3 is 27.3 Å². The van der Waals surface area contributed by atoms with Gasteiger partial charge in [-0.1, -0.05) is 63.1 Å². The molecule has 1 atom stereocenters. The summed E-state index contributed by atoms with van der Waals surface area (Å²) in [4.78, 5) is 2.38. The monoisotopic (exact) mass is 732 g/mol. The van der Waals surface area contributed by atoms with E-state index >= 15 is 0 Å². The lowest BCUT2D eigenvalue weighted by Crippen LogP contribution is -2.31. The molecule has 1 aliphatic carbocycles. The van der Waals surface area contributed by atoms with Crippen LogP contribution in [0, 0.1) is 0 Å². The van der Waals surface area contributed by atoms with Gasteiger partial charge in [0.25, 0.3) is 0 Å². The molecule has 0 radical (unpaired) electrons. The first-order valence-corrected chi connectivity index (χ1v) is 21.3. The van der Waals surface area contributed by atoms with E-state index in [4.69, 9.17) is 27.3 Å². The summed E-state index contributed by atoms with van der Waals surface area (Å²) in [5.74, 6) is 3.26. The van der Waals surface area contributed by atoms with Crippen molar-refractivity contribution in [2.24, 2.45) is 0 Å². The third-order valence-electron chi connectivity index (χ3n) is 9.78. The van der Waals surface area contributed by atoms with Crippen LogP contribution in [0.15, 0.2) is 101 Å². The van der Waals surface area contributed by atoms with Gasteiger partial charge in [-0.2, -0.15) is 0 Å². The van der Waals surface area contributed by atoms with E-state index in [0.29, 0.717) is 35.2 Å². The fraction of sp³-hybridized carbons (Fsp3) is 0.395. The minimum absolute atomic E-state index is 0.0492. The van der Waals surface area contributed by atoms with Gasteiger partial charge in [-0.3, -0.25) is 0 Å². The molecule has 4 aromatic carbocycles. The molecule has 0 saturated heterocycles. The summed E-state index contributed by atoms with van der Waals surface area (Å²) in [6.07, 6.45) is 7.87. The molecule has 0 N–H and O–H groups in total. The third-order valence-corrected chi connectivity index (χ3v) is 17.5. The van der Waals surface area contributed by atoms with Gasteiger partial charge in [0.2, 0.25) is 5.75 Å². The lowest BCUT2D eigenvalue weighted by Gasteiger charge is -2.51. The van der Waals surface area contributed by atoms with Crippen molar-refractivity contribution in [2.45, 2.75) is 79.8 Å². The van der Waals surface area contributed by atoms with Gasteiger partial charge in [-0.15, -0.1) is 0 Å². The summed E-state index contributed by atoms with van der Waals surface area (Å²) in [6.45, 7) is 13.6. The van der Waals surface area contributed by atoms with Crippen LogP contribution in [0.3, 0.4) is 0 Å². The second kappa shape index (κ2) is 15.1. The maximum atomic E-state index is 7.72. The largest absolute Gasteiger partial charge is 0.493 e. The Morgan fingerprint density at radius 1 is 0.608 bits per heavy atom. The van der Waals surface area contributed by atoms with E-state index in [1.807, 2.05) is 6.07 Å². The van der Waals surface area contributed by atoms with E-state index in [0.717, 1.165) is 28.7 Å². The molecule has 51 heavy (non-hydrogen) atoms. The molecule has 6 nitrogen and oxygen atoms in total. The quantitative estimate of drug-likeness (QED) is 0.153. The Balaban J connectivity index is 1.78. The van der Waals surface area contributed by atoms with Crippen molar-refractivity contribution in [1.29, 1.82) is 0 Å². The van der Waals surface area contributed by atoms with Crippen molar-refractivity contribution >= 4 is 26.2 Å². The van der Waals surface area contributed by atoms with Gasteiger partial charge in [-0.05, 0) is 132 Å². The van der Waals surface area contributed by atoms with E-state index in [1.54, 1.807) is 28.4 Å². The second-order valence-electron chi connectivity index (χ2n) is 15.0. The molecule has 4 aromatic rings. The fourth-order valence-corrected chi connectivity index (χ4v) is 11.1. The van der Waals surface area contributed by atoms with Crippen molar-refractivity contribution in [1.82, 2.24) is 0 Å². The third kappa shape index (κ3) is 7.46. The summed E-state index contributed by atoms with van der Waals surface area (Å²) in [5.41, 5.74) is 4.04. The van der Waals surface area contributed by atoms with Gasteiger partial charge in [0.05, 0.1) is 34.5 Å². The van der Waals surface area contributed by atoms with E-state index in [-0.39, 0.29) is 15.6 Å². The van der Waals surface area contributed by atoms with Crippen LogP contribution in [0.5, 0.6) is 28.7 Å². The Morgan fingerprint density at radius 2 is 1.18 bits per heavy atom. The molecule has 0 bridgehead atoms. The first-order valence-electron chi connectivity index (χ1n) is 17.4. The normalized spacial score (nSPS) is 15.9. The highest BCUT2D eigenvalue weighted by Crippen LogP contribution is 2.72. The summed E-state index contributed by atoms with van der Waals surface area (Å²) in [7, 11) is 3.13. The van der Waals surface area contributed by atoms with Crippen molar-refractivity contribution in [3.8, 4) is 28.7 Å². The van der Waals surface area contributed by atoms with E-state index in [2.05, 4.69) is 139 Å². The smallest absolute Gasteiger partial charge is 0.203 e. The lowest BCUT2D eigenvalue weighted by atomic mass is 9.92. The molecular weight excluding hydrogens is 677 g/mol. The number of hydrogen-bond donors (Lipinski definition) is 0. The molecule has 0 spiro atoms. The van der Waals surface area contributed by atoms with Crippen molar-refractivity contribution in [3.63, 3.8) is 0 Å². The van der Waals surface area contributed by atoms with Crippen LogP contribution in [-0.2, 0) is 10.6 Å². The number of ether oxygens (including phenoxy) is 4. The van der Waals surface area contributed by atoms with Gasteiger partial charge in [-0.25, -0.2) is 0 Å². The second-order valence-corrected chi connectivity index (χ2v) is 22.3. The predicted octanol–water partition coefficient (Wildman–Crippen LogP) is 11.3. The van der Waals surface area contributed by atoms with Gasteiger partial charge in [0.15, 0.2) is 23.0 Å². The molecule has 0 aliphatic heterocycles. The molecule has 1 unspecified atom stereocenters. The summed E-state index contributed by atoms with van der Waals surface area (Å²) in [5, 5.41) is 0. The zero-order valence-electron chi connectivity index (χ0n) is 32.4. The minimum Gasteiger partial charge on any atom is -0.493 e. The summed E-state index contributed by atoms with van der Waals surface area (Å²) < 4.78 is 38.0. The number of fused-ring (bicyclic) bond motifs is 1. The van der Waals surface area contributed by atoms with Crippen molar-refractivity contribution < 1.29 is 27.3 Å². The molecule has 1 aliphatic rings. The van der Waals surface area contributed by atoms with Crippen LogP contribution >= 0.6 is 20.6 Å². The Hall–Kier alpha value is -3.72. The van der Waals surface area contributed by atoms with Crippen molar-refractivity contribution in [3.05, 3.63) is 108 Å². The highest BCUT2D eigenvalue weighted by atomic mass is 32.3. The number of hydrogen-bond acceptors (Lipinski definition) is 6. The topological polar surface area (TPSA) is 55.4 Å². The van der Waals surface area contributed by atoms with Crippen molar-refractivity contribution in [2.75, 3.05) is 41.0 Å². The van der Waals surface area contributed by atoms with Gasteiger partial charge in [0.1, 0.15) is 0 Å². The Bertz CT molecular complexity index is 1800. The SMILES string of the molecule is COc1ccc(C2=CC(OS(c3ccccc3)(c3ccccc3)C(C)(C)C)CCc3c2cc(OC)c(OC)c3OC)cc1OS(C)(C)C(C)(C)C. The number of benzene rings is 4. The van der Waals surface area contributed by atoms with E-state index in [9.17, 15) is 0 Å². The summed E-state index contributed by atoms with van der Waals surface area (Å²) >= 11 is 0. The Labute approximate surface area is 309 Å². The highest BCUT2D eigenvalue weighted by Gasteiger charge is 2.43. The molecule has 5 rings (SSSR count). The van der Waals surface area contributed by atoms with Crippen LogP contribution in [0.4, 0.5) is 0 Å². The van der Waals surface area contributed by atoms with Crippen LogP contribution in [0.1, 0.15) is 64.7 Å². The summed E-state index contributed by atoms with van der Waals surface area (Å²) in [6, 6.07) is 29.7. The first kappa shape index (κ1) is 38.5. The number of methoxy groups -OCH3 is 4. The lowest BCUT2D eigenvalue weighted by molar-refractivity contribution is 0.261. The maximum Gasteiger partial charge on any atom is 0.203 e. The standard InChI is InChI=1S/C43H56O6S2/c1-42(2,3)50(11,12)49-38-27-30(23-26-37(38)44-7)35-28-31(24-25-34-36(35)29-39(45-8)41(47-10)40(34)46-9)48-51(43(4,5)6,32-19-15-13-16-20-32)33-21-17-14-18-22-33/h13-23,26-29,31H,24-25H2,1-12H3. The van der Waals surface area contributed by atoms with Crippen LogP contribution in [0.25, 0.3) is 5.57 Å². The zero-order chi connectivity index (χ0) is 37.2. The Morgan fingerprint density at radius 3 is 1.67 bits per heavy atom. The molecule has 0 amide bonds. The van der Waals surface area contributed by atoms with Crippen LogP contribution in [-0.4, -0.2) is 56.5 Å². The van der Waals surface area contributed by atoms with Crippen LogP contribution in [0.2, 0.25) is 0 Å². The molecule has 0 aromatic heterocycles. The fourth-order valence-electron chi connectivity index (χ4n) is 6.44. The molecule has 8 heteroatoms. The molecular formula is C43H56O6S2. The molecule has 276 valence electrons. The average molecular weight is 733 g/mol. The van der Waals surface area contributed by atoms with Crippen LogP contribution < -0.4 is 23.1 Å². The average Bonchev–Trinajstić information content (AvgIpc) is 3.28. The number of rotatable bonds is 11. The Kier molecular flexibility index (Phi) is 11.4. The molecule has 0 fully saturated rings. The molecule has 0 heterocycles. The predicted molar refractivity (Wildman–Crippen MR) is 216 cm³/mol. The highest BCUT2D eigenvalue weighted by molar-refractivity contribution is 8.31. The van der Waals surface area contributed by atoms with Gasteiger partial charge >= 0.3 is 0 Å². The van der Waals surface area contributed by atoms with E-state index < -0.39 is 20.6 Å².